The highest BCUT2D eigenvalue weighted by atomic mass is 35.5. The van der Waals surface area contributed by atoms with Crippen LogP contribution < -0.4 is 0 Å². The minimum absolute atomic E-state index is 0.375. The van der Waals surface area contributed by atoms with Gasteiger partial charge in [-0.1, -0.05) is 35.3 Å². The van der Waals surface area contributed by atoms with Crippen molar-refractivity contribution in [3.63, 3.8) is 0 Å². The molecule has 4 heteroatoms. The fourth-order valence-electron chi connectivity index (χ4n) is 1.38. The Balaban J connectivity index is 2.58. The summed E-state index contributed by atoms with van der Waals surface area (Å²) < 4.78 is 0. The Morgan fingerprint density at radius 3 is 2.62 bits per heavy atom. The summed E-state index contributed by atoms with van der Waals surface area (Å²) in [5.74, 6) is 0.639. The van der Waals surface area contributed by atoms with E-state index in [1.807, 2.05) is 12.1 Å². The first-order chi connectivity index (χ1) is 7.56. The zero-order valence-corrected chi connectivity index (χ0v) is 11.8. The summed E-state index contributed by atoms with van der Waals surface area (Å²) in [6.45, 7) is 3.03. The summed E-state index contributed by atoms with van der Waals surface area (Å²) in [6, 6.07) is 6.11. The molecule has 90 valence electrons. The van der Waals surface area contributed by atoms with Crippen molar-refractivity contribution in [3.05, 3.63) is 33.8 Å². The van der Waals surface area contributed by atoms with E-state index >= 15 is 0 Å². The lowest BCUT2D eigenvalue weighted by molar-refractivity contribution is 0.280. The van der Waals surface area contributed by atoms with Crippen molar-refractivity contribution < 1.29 is 0 Å². The van der Waals surface area contributed by atoms with Gasteiger partial charge in [-0.25, -0.2) is 0 Å². The number of hydrogen-bond donors (Lipinski definition) is 0. The molecule has 0 aliphatic carbocycles. The van der Waals surface area contributed by atoms with Gasteiger partial charge in [0.05, 0.1) is 10.0 Å². The van der Waals surface area contributed by atoms with Gasteiger partial charge in [-0.2, -0.15) is 0 Å². The number of hydrogen-bond acceptors (Lipinski definition) is 1. The van der Waals surface area contributed by atoms with E-state index in [2.05, 4.69) is 18.9 Å². The van der Waals surface area contributed by atoms with E-state index in [-0.39, 0.29) is 0 Å². The van der Waals surface area contributed by atoms with Crippen LogP contribution >= 0.6 is 34.8 Å². The molecule has 0 N–H and O–H groups in total. The first-order valence-electron chi connectivity index (χ1n) is 5.25. The Morgan fingerprint density at radius 1 is 1.31 bits per heavy atom. The van der Waals surface area contributed by atoms with Crippen LogP contribution in [0.25, 0.3) is 0 Å². The van der Waals surface area contributed by atoms with Gasteiger partial charge >= 0.3 is 0 Å². The van der Waals surface area contributed by atoms with Crippen LogP contribution in [0.2, 0.25) is 10.0 Å². The smallest absolute Gasteiger partial charge is 0.0624 e. The monoisotopic (exact) mass is 279 g/mol. The molecule has 0 aliphatic heterocycles. The fraction of sp³-hybridized carbons (Fsp3) is 0.500. The SMILES string of the molecule is C[C@@H](CCl)N(C)CCc1cccc(Cl)c1Cl. The molecule has 1 rings (SSSR count). The molecule has 0 heterocycles. The summed E-state index contributed by atoms with van der Waals surface area (Å²) in [6.07, 6.45) is 0.886. The van der Waals surface area contributed by atoms with Crippen LogP contribution in [0.15, 0.2) is 18.2 Å². The van der Waals surface area contributed by atoms with E-state index in [0.717, 1.165) is 18.5 Å². The minimum atomic E-state index is 0.375. The first kappa shape index (κ1) is 14.1. The predicted octanol–water partition coefficient (Wildman–Crippen LogP) is 4.10. The molecular weight excluding hydrogens is 264 g/mol. The van der Waals surface area contributed by atoms with Crippen LogP contribution in [-0.4, -0.2) is 30.4 Å². The quantitative estimate of drug-likeness (QED) is 0.734. The molecule has 0 spiro atoms. The summed E-state index contributed by atoms with van der Waals surface area (Å²) in [7, 11) is 2.06. The topological polar surface area (TPSA) is 3.24 Å². The summed E-state index contributed by atoms with van der Waals surface area (Å²) in [4.78, 5) is 2.21. The summed E-state index contributed by atoms with van der Waals surface area (Å²) in [5, 5.41) is 1.28. The van der Waals surface area contributed by atoms with Gasteiger partial charge in [-0.15, -0.1) is 11.6 Å². The van der Waals surface area contributed by atoms with Gasteiger partial charge in [-0.3, -0.25) is 0 Å². The van der Waals surface area contributed by atoms with Gasteiger partial charge in [0.25, 0.3) is 0 Å². The molecule has 0 saturated carbocycles. The lowest BCUT2D eigenvalue weighted by Crippen LogP contribution is -2.32. The number of benzene rings is 1. The van der Waals surface area contributed by atoms with Crippen LogP contribution in [0.5, 0.6) is 0 Å². The molecule has 0 saturated heterocycles. The van der Waals surface area contributed by atoms with Crippen molar-refractivity contribution in [3.8, 4) is 0 Å². The van der Waals surface area contributed by atoms with Gasteiger partial charge < -0.3 is 4.90 Å². The first-order valence-corrected chi connectivity index (χ1v) is 6.54. The molecule has 0 radical (unpaired) electrons. The van der Waals surface area contributed by atoms with Crippen LogP contribution in [0.3, 0.4) is 0 Å². The van der Waals surface area contributed by atoms with Crippen molar-refractivity contribution >= 4 is 34.8 Å². The normalized spacial score (nSPS) is 13.1. The average molecular weight is 281 g/mol. The van der Waals surface area contributed by atoms with Gasteiger partial charge in [-0.05, 0) is 32.0 Å². The average Bonchev–Trinajstić information content (AvgIpc) is 2.29. The Bertz CT molecular complexity index is 341. The van der Waals surface area contributed by atoms with Crippen LogP contribution in [0.1, 0.15) is 12.5 Å². The summed E-state index contributed by atoms with van der Waals surface area (Å²) >= 11 is 17.9. The molecule has 16 heavy (non-hydrogen) atoms. The zero-order valence-electron chi connectivity index (χ0n) is 9.51. The molecule has 0 fully saturated rings. The Labute approximate surface area is 112 Å². The van der Waals surface area contributed by atoms with Crippen molar-refractivity contribution in [1.82, 2.24) is 4.90 Å². The maximum atomic E-state index is 6.11. The minimum Gasteiger partial charge on any atom is -0.302 e. The fourth-order valence-corrected chi connectivity index (χ4v) is 2.03. The third-order valence-corrected chi connectivity index (χ3v) is 4.05. The molecule has 0 bridgehead atoms. The van der Waals surface area contributed by atoms with Crippen molar-refractivity contribution in [2.45, 2.75) is 19.4 Å². The van der Waals surface area contributed by atoms with E-state index in [4.69, 9.17) is 34.8 Å². The van der Waals surface area contributed by atoms with Crippen molar-refractivity contribution in [1.29, 1.82) is 0 Å². The molecule has 0 aliphatic rings. The van der Waals surface area contributed by atoms with Crippen LogP contribution in [0.4, 0.5) is 0 Å². The van der Waals surface area contributed by atoms with Crippen LogP contribution in [0, 0.1) is 0 Å². The van der Waals surface area contributed by atoms with Gasteiger partial charge in [0.15, 0.2) is 0 Å². The number of rotatable bonds is 5. The second kappa shape index (κ2) is 6.70. The molecule has 1 aromatic rings. The number of halogens is 3. The third-order valence-electron chi connectivity index (χ3n) is 2.74. The molecule has 1 atom stereocenters. The lowest BCUT2D eigenvalue weighted by atomic mass is 10.1. The van der Waals surface area contributed by atoms with Gasteiger partial charge in [0, 0.05) is 18.5 Å². The number of alkyl halides is 1. The molecule has 1 nitrogen and oxygen atoms in total. The predicted molar refractivity (Wildman–Crippen MR) is 73.0 cm³/mol. The molecule has 1 aromatic carbocycles. The lowest BCUT2D eigenvalue weighted by Gasteiger charge is -2.22. The Hall–Kier alpha value is 0.0500. The summed E-state index contributed by atoms with van der Waals surface area (Å²) in [5.41, 5.74) is 1.09. The molecule has 0 unspecified atom stereocenters. The highest BCUT2D eigenvalue weighted by Crippen LogP contribution is 2.25. The third kappa shape index (κ3) is 3.81. The van der Waals surface area contributed by atoms with E-state index in [0.29, 0.717) is 22.0 Å². The van der Waals surface area contributed by atoms with Gasteiger partial charge in [0.2, 0.25) is 0 Å². The largest absolute Gasteiger partial charge is 0.302 e. The van der Waals surface area contributed by atoms with E-state index in [1.165, 1.54) is 0 Å². The van der Waals surface area contributed by atoms with E-state index in [9.17, 15) is 0 Å². The maximum absolute atomic E-state index is 6.11. The maximum Gasteiger partial charge on any atom is 0.0624 e. The standard InChI is InChI=1S/C12H16Cl3N/c1-9(8-13)16(2)7-6-10-4-3-5-11(14)12(10)15/h3-5,9H,6-8H2,1-2H3/t9-/m0/s1. The Kier molecular flexibility index (Phi) is 5.91. The molecule has 0 aromatic heterocycles. The molecular formula is C12H16Cl3N. The van der Waals surface area contributed by atoms with Crippen LogP contribution in [-0.2, 0) is 6.42 Å². The van der Waals surface area contributed by atoms with Gasteiger partial charge in [0.1, 0.15) is 0 Å². The highest BCUT2D eigenvalue weighted by molar-refractivity contribution is 6.42. The van der Waals surface area contributed by atoms with E-state index < -0.39 is 0 Å². The second-order valence-electron chi connectivity index (χ2n) is 3.95. The van der Waals surface area contributed by atoms with Crippen molar-refractivity contribution in [2.24, 2.45) is 0 Å². The zero-order chi connectivity index (χ0) is 12.1. The van der Waals surface area contributed by atoms with E-state index in [1.54, 1.807) is 6.07 Å². The van der Waals surface area contributed by atoms with Crippen molar-refractivity contribution in [2.75, 3.05) is 19.5 Å². The highest BCUT2D eigenvalue weighted by Gasteiger charge is 2.09. The number of nitrogens with zero attached hydrogens (tertiary/aromatic N) is 1. The number of likely N-dealkylation sites (N-methyl/N-ethyl adjacent to an activating group) is 1. The Morgan fingerprint density at radius 2 is 2.00 bits per heavy atom. The molecule has 0 amide bonds. The second-order valence-corrected chi connectivity index (χ2v) is 5.04.